The number of nitrogens with one attached hydrogen (secondary N) is 3. The fraction of sp³-hybridized carbons (Fsp3) is 0.421. The molecule has 1 saturated heterocycles. The van der Waals surface area contributed by atoms with Gasteiger partial charge in [0.15, 0.2) is 5.96 Å². The highest BCUT2D eigenvalue weighted by Gasteiger charge is 2.25. The maximum atomic E-state index is 13.4. The van der Waals surface area contributed by atoms with E-state index in [1.807, 2.05) is 6.20 Å². The number of rotatable bonds is 6. The summed E-state index contributed by atoms with van der Waals surface area (Å²) in [5, 5.41) is 7.18. The van der Waals surface area contributed by atoms with E-state index in [1.165, 1.54) is 17.0 Å². The summed E-state index contributed by atoms with van der Waals surface area (Å²) in [4.78, 5) is 32.2. The first-order valence-electron chi connectivity index (χ1n) is 9.11. The summed E-state index contributed by atoms with van der Waals surface area (Å²) in [6.45, 7) is 1.39. The molecule has 9 heteroatoms. The highest BCUT2D eigenvalue weighted by molar-refractivity contribution is 14.0. The summed E-state index contributed by atoms with van der Waals surface area (Å²) in [5.74, 6) is 0.124. The first-order valence-corrected chi connectivity index (χ1v) is 9.11. The van der Waals surface area contributed by atoms with E-state index in [-0.39, 0.29) is 41.6 Å². The van der Waals surface area contributed by atoms with Crippen LogP contribution < -0.4 is 10.6 Å². The molecule has 1 aromatic carbocycles. The molecule has 0 bridgehead atoms. The number of piperidine rings is 1. The molecular weight excluding hydrogens is 476 g/mol. The van der Waals surface area contributed by atoms with Crippen LogP contribution in [0.5, 0.6) is 0 Å². The smallest absolute Gasteiger partial charge is 0.229 e. The second-order valence-corrected chi connectivity index (χ2v) is 6.47. The summed E-state index contributed by atoms with van der Waals surface area (Å²) < 4.78 is 13.4. The fourth-order valence-corrected chi connectivity index (χ4v) is 3.23. The zero-order valence-electron chi connectivity index (χ0n) is 15.8. The van der Waals surface area contributed by atoms with Crippen LogP contribution in [0.4, 0.5) is 4.39 Å². The number of likely N-dealkylation sites (tertiary alicyclic amines) is 1. The molecule has 2 heterocycles. The minimum absolute atomic E-state index is 0. The van der Waals surface area contributed by atoms with Gasteiger partial charge in [0.25, 0.3) is 0 Å². The van der Waals surface area contributed by atoms with Crippen molar-refractivity contribution >= 4 is 52.7 Å². The third-order valence-electron chi connectivity index (χ3n) is 4.65. The van der Waals surface area contributed by atoms with Crippen molar-refractivity contribution < 1.29 is 14.0 Å². The summed E-state index contributed by atoms with van der Waals surface area (Å²) in [5.41, 5.74) is 1.93. The van der Waals surface area contributed by atoms with Gasteiger partial charge in [0, 0.05) is 56.6 Å². The highest BCUT2D eigenvalue weighted by atomic mass is 127. The number of hydrogen-bond acceptors (Lipinski definition) is 3. The molecule has 152 valence electrons. The third kappa shape index (κ3) is 5.43. The molecule has 1 aliphatic heterocycles. The number of hydrogen-bond donors (Lipinski definition) is 3. The van der Waals surface area contributed by atoms with Crippen LogP contribution in [-0.2, 0) is 16.0 Å². The Balaban J connectivity index is 0.00000280. The summed E-state index contributed by atoms with van der Waals surface area (Å²) in [6, 6.07) is 4.69. The van der Waals surface area contributed by atoms with Gasteiger partial charge in [-0.1, -0.05) is 0 Å². The second kappa shape index (κ2) is 10.4. The Bertz CT molecular complexity index is 851. The SMILES string of the molecule is CN=C(NCCc1c[nH]c2ccc(F)cc12)NCCN1C(=O)CCCC1=O.I. The number of benzene rings is 1. The zero-order valence-corrected chi connectivity index (χ0v) is 18.1. The molecule has 0 radical (unpaired) electrons. The lowest BCUT2D eigenvalue weighted by Gasteiger charge is -2.25. The normalized spacial score (nSPS) is 14.9. The van der Waals surface area contributed by atoms with Crippen molar-refractivity contribution in [3.8, 4) is 0 Å². The molecule has 1 aliphatic rings. The van der Waals surface area contributed by atoms with E-state index in [9.17, 15) is 14.0 Å². The molecule has 1 fully saturated rings. The number of halogens is 2. The molecule has 0 unspecified atom stereocenters. The van der Waals surface area contributed by atoms with E-state index in [4.69, 9.17) is 0 Å². The van der Waals surface area contributed by atoms with Crippen LogP contribution >= 0.6 is 24.0 Å². The maximum Gasteiger partial charge on any atom is 0.229 e. The lowest BCUT2D eigenvalue weighted by molar-refractivity contribution is -0.147. The Hall–Kier alpha value is -2.17. The number of carbonyl (C=O) groups is 2. The van der Waals surface area contributed by atoms with Gasteiger partial charge in [0.1, 0.15) is 5.82 Å². The van der Waals surface area contributed by atoms with Crippen LogP contribution in [0.1, 0.15) is 24.8 Å². The van der Waals surface area contributed by atoms with E-state index in [2.05, 4.69) is 20.6 Å². The molecule has 0 atom stereocenters. The number of amides is 2. The van der Waals surface area contributed by atoms with E-state index in [0.717, 1.165) is 16.5 Å². The Morgan fingerprint density at radius 3 is 2.64 bits per heavy atom. The molecule has 3 rings (SSSR count). The number of carbonyl (C=O) groups excluding carboxylic acids is 2. The number of fused-ring (bicyclic) bond motifs is 1. The number of nitrogens with zero attached hydrogens (tertiary/aromatic N) is 2. The Morgan fingerprint density at radius 1 is 1.21 bits per heavy atom. The molecule has 2 aromatic rings. The van der Waals surface area contributed by atoms with Crippen LogP contribution in [0.15, 0.2) is 29.4 Å². The summed E-state index contributed by atoms with van der Waals surface area (Å²) in [6.07, 6.45) is 4.10. The van der Waals surface area contributed by atoms with Gasteiger partial charge in [-0.3, -0.25) is 19.5 Å². The van der Waals surface area contributed by atoms with Crippen molar-refractivity contribution in [2.45, 2.75) is 25.7 Å². The molecule has 0 saturated carbocycles. The van der Waals surface area contributed by atoms with Crippen molar-refractivity contribution in [2.24, 2.45) is 4.99 Å². The van der Waals surface area contributed by atoms with Crippen LogP contribution in [0.2, 0.25) is 0 Å². The molecule has 28 heavy (non-hydrogen) atoms. The van der Waals surface area contributed by atoms with E-state index < -0.39 is 0 Å². The second-order valence-electron chi connectivity index (χ2n) is 6.47. The van der Waals surface area contributed by atoms with Crippen LogP contribution in [0, 0.1) is 5.82 Å². The van der Waals surface area contributed by atoms with E-state index in [1.54, 1.807) is 13.1 Å². The minimum Gasteiger partial charge on any atom is -0.361 e. The van der Waals surface area contributed by atoms with Crippen LogP contribution in [-0.4, -0.2) is 54.3 Å². The minimum atomic E-state index is -0.254. The van der Waals surface area contributed by atoms with Gasteiger partial charge in [-0.15, -0.1) is 24.0 Å². The Morgan fingerprint density at radius 2 is 1.93 bits per heavy atom. The monoisotopic (exact) mass is 501 g/mol. The summed E-state index contributed by atoms with van der Waals surface area (Å²) >= 11 is 0. The largest absolute Gasteiger partial charge is 0.361 e. The number of imide groups is 1. The van der Waals surface area contributed by atoms with Crippen molar-refractivity contribution in [1.82, 2.24) is 20.5 Å². The number of aliphatic imine (C=N–C) groups is 1. The van der Waals surface area contributed by atoms with E-state index >= 15 is 0 Å². The Kier molecular flexibility index (Phi) is 8.21. The predicted octanol–water partition coefficient (Wildman–Crippen LogP) is 2.17. The standard InChI is InChI=1S/C19H24FN5O2.HI/c1-21-19(23-9-10-25-17(26)3-2-4-18(25)27)22-8-7-13-12-24-16-6-5-14(20)11-15(13)16;/h5-6,11-12,24H,2-4,7-10H2,1H3,(H2,21,22,23);1H. The van der Waals surface area contributed by atoms with Crippen molar-refractivity contribution in [2.75, 3.05) is 26.7 Å². The lowest BCUT2D eigenvalue weighted by atomic mass is 10.1. The van der Waals surface area contributed by atoms with Gasteiger partial charge in [-0.25, -0.2) is 4.39 Å². The van der Waals surface area contributed by atoms with Gasteiger partial charge >= 0.3 is 0 Å². The summed E-state index contributed by atoms with van der Waals surface area (Å²) in [7, 11) is 1.66. The van der Waals surface area contributed by atoms with Gasteiger partial charge in [0.05, 0.1) is 0 Å². The highest BCUT2D eigenvalue weighted by Crippen LogP contribution is 2.19. The first kappa shape index (κ1) is 22.1. The molecule has 7 nitrogen and oxygen atoms in total. The van der Waals surface area contributed by atoms with E-state index in [0.29, 0.717) is 51.3 Å². The first-order chi connectivity index (χ1) is 13.1. The van der Waals surface area contributed by atoms with Gasteiger partial charge in [-0.2, -0.15) is 0 Å². The fourth-order valence-electron chi connectivity index (χ4n) is 3.23. The maximum absolute atomic E-state index is 13.4. The number of aromatic nitrogens is 1. The third-order valence-corrected chi connectivity index (χ3v) is 4.65. The molecule has 1 aromatic heterocycles. The van der Waals surface area contributed by atoms with Crippen LogP contribution in [0.3, 0.4) is 0 Å². The van der Waals surface area contributed by atoms with Gasteiger partial charge in [-0.05, 0) is 36.6 Å². The predicted molar refractivity (Wildman–Crippen MR) is 117 cm³/mol. The Labute approximate surface area is 180 Å². The number of aromatic amines is 1. The lowest BCUT2D eigenvalue weighted by Crippen LogP contribution is -2.46. The average molecular weight is 501 g/mol. The zero-order chi connectivity index (χ0) is 19.2. The van der Waals surface area contributed by atoms with Crippen molar-refractivity contribution in [1.29, 1.82) is 0 Å². The molecular formula is C19H25FIN5O2. The number of guanidine groups is 1. The molecule has 0 aliphatic carbocycles. The van der Waals surface area contributed by atoms with Gasteiger partial charge < -0.3 is 15.6 Å². The van der Waals surface area contributed by atoms with Crippen molar-refractivity contribution in [3.63, 3.8) is 0 Å². The number of H-pyrrole nitrogens is 1. The molecule has 2 amide bonds. The molecule has 0 spiro atoms. The van der Waals surface area contributed by atoms with Crippen LogP contribution in [0.25, 0.3) is 10.9 Å². The average Bonchev–Trinajstić information content (AvgIpc) is 3.05. The van der Waals surface area contributed by atoms with Gasteiger partial charge in [0.2, 0.25) is 11.8 Å². The quantitative estimate of drug-likeness (QED) is 0.245. The topological polar surface area (TPSA) is 89.6 Å². The molecule has 3 N–H and O–H groups in total. The van der Waals surface area contributed by atoms with Crippen molar-refractivity contribution in [3.05, 3.63) is 35.8 Å².